The van der Waals surface area contributed by atoms with Gasteiger partial charge in [0.1, 0.15) is 0 Å². The van der Waals surface area contributed by atoms with E-state index >= 15 is 0 Å². The molecule has 4 rings (SSSR count). The zero-order valence-electron chi connectivity index (χ0n) is 17.9. The van der Waals surface area contributed by atoms with Gasteiger partial charge in [0.25, 0.3) is 5.91 Å². The van der Waals surface area contributed by atoms with Crippen LogP contribution in [0.25, 0.3) is 0 Å². The Bertz CT molecular complexity index is 877. The summed E-state index contributed by atoms with van der Waals surface area (Å²) in [7, 11) is 1.49. The van der Waals surface area contributed by atoms with Crippen molar-refractivity contribution in [2.75, 3.05) is 20.2 Å². The van der Waals surface area contributed by atoms with E-state index in [4.69, 9.17) is 4.74 Å². The monoisotopic (exact) mass is 410 g/mol. The van der Waals surface area contributed by atoms with Gasteiger partial charge in [-0.2, -0.15) is 0 Å². The van der Waals surface area contributed by atoms with Crippen LogP contribution in [0.1, 0.15) is 72.5 Å². The molecule has 2 fully saturated rings. The predicted octanol–water partition coefficient (Wildman–Crippen LogP) is 5.06. The molecule has 3 atom stereocenters. The highest BCUT2D eigenvalue weighted by atomic mass is 19.1. The highest BCUT2D eigenvalue weighted by molar-refractivity contribution is 5.94. The van der Waals surface area contributed by atoms with Crippen molar-refractivity contribution in [2.45, 2.75) is 57.0 Å². The molecule has 0 unspecified atom stereocenters. The zero-order chi connectivity index (χ0) is 21.1. The average molecular weight is 411 g/mol. The fourth-order valence-corrected chi connectivity index (χ4v) is 4.83. The van der Waals surface area contributed by atoms with Crippen molar-refractivity contribution in [1.82, 2.24) is 10.2 Å². The van der Waals surface area contributed by atoms with E-state index in [0.717, 1.165) is 56.3 Å². The Balaban J connectivity index is 1.34. The second-order valence-corrected chi connectivity index (χ2v) is 8.61. The van der Waals surface area contributed by atoms with Gasteiger partial charge in [0.15, 0.2) is 11.6 Å². The summed E-state index contributed by atoms with van der Waals surface area (Å²) in [4.78, 5) is 14.5. The van der Waals surface area contributed by atoms with Gasteiger partial charge in [-0.3, -0.25) is 4.79 Å². The summed E-state index contributed by atoms with van der Waals surface area (Å²) in [5, 5.41) is 3.69. The number of benzene rings is 2. The molecule has 1 saturated heterocycles. The number of nitrogens with one attached hydrogen (secondary N) is 1. The maximum atomic E-state index is 13.7. The number of rotatable bonds is 6. The smallest absolute Gasteiger partial charge is 0.253 e. The topological polar surface area (TPSA) is 41.6 Å². The van der Waals surface area contributed by atoms with Gasteiger partial charge in [0.05, 0.1) is 7.11 Å². The van der Waals surface area contributed by atoms with Gasteiger partial charge in [0, 0.05) is 30.7 Å². The molecule has 1 N–H and O–H groups in total. The van der Waals surface area contributed by atoms with E-state index in [2.05, 4.69) is 24.4 Å². The summed E-state index contributed by atoms with van der Waals surface area (Å²) in [5.41, 5.74) is 3.14. The lowest BCUT2D eigenvalue weighted by Gasteiger charge is -2.21. The molecule has 2 aromatic carbocycles. The minimum absolute atomic E-state index is 0.128. The predicted molar refractivity (Wildman–Crippen MR) is 116 cm³/mol. The van der Waals surface area contributed by atoms with Crippen LogP contribution in [0.4, 0.5) is 4.39 Å². The standard InChI is InChI=1S/C25H31FN2O2/c1-17(20-10-12-23(26)24(16-20)30-2)27-22-11-9-21(15-22)18-5-7-19(8-6-18)25(29)28-13-3-4-14-28/h5-8,10,12,16-17,21-22,27H,3-4,9,11,13-15H2,1-2H3/t17-,21-,22+/m1/s1. The van der Waals surface area contributed by atoms with Crippen LogP contribution in [-0.4, -0.2) is 37.0 Å². The summed E-state index contributed by atoms with van der Waals surface area (Å²) in [6.45, 7) is 3.88. The Morgan fingerprint density at radius 3 is 2.57 bits per heavy atom. The molecule has 0 aromatic heterocycles. The Morgan fingerprint density at radius 1 is 1.13 bits per heavy atom. The summed E-state index contributed by atoms with van der Waals surface area (Å²) in [6, 6.07) is 13.8. The van der Waals surface area contributed by atoms with E-state index < -0.39 is 0 Å². The van der Waals surface area contributed by atoms with Crippen LogP contribution < -0.4 is 10.1 Å². The first-order chi connectivity index (χ1) is 14.5. The molecule has 1 aliphatic heterocycles. The molecule has 1 aliphatic carbocycles. The van der Waals surface area contributed by atoms with Gasteiger partial charge in [-0.15, -0.1) is 0 Å². The first-order valence-corrected chi connectivity index (χ1v) is 11.0. The molecular formula is C25H31FN2O2. The third-order valence-electron chi connectivity index (χ3n) is 6.62. The molecule has 0 spiro atoms. The molecule has 0 bridgehead atoms. The average Bonchev–Trinajstić information content (AvgIpc) is 3.46. The van der Waals surface area contributed by atoms with E-state index in [1.807, 2.05) is 23.1 Å². The number of hydrogen-bond acceptors (Lipinski definition) is 3. The number of hydrogen-bond donors (Lipinski definition) is 1. The lowest BCUT2D eigenvalue weighted by molar-refractivity contribution is 0.0793. The maximum Gasteiger partial charge on any atom is 0.253 e. The van der Waals surface area contributed by atoms with Crippen molar-refractivity contribution >= 4 is 5.91 Å². The zero-order valence-corrected chi connectivity index (χ0v) is 17.9. The Kier molecular flexibility index (Phi) is 6.38. The fraction of sp³-hybridized carbons (Fsp3) is 0.480. The molecule has 160 valence electrons. The van der Waals surface area contributed by atoms with Crippen molar-refractivity contribution in [3.05, 3.63) is 65.0 Å². The maximum absolute atomic E-state index is 13.7. The lowest BCUT2D eigenvalue weighted by atomic mass is 9.96. The van der Waals surface area contributed by atoms with E-state index in [1.165, 1.54) is 18.7 Å². The minimum Gasteiger partial charge on any atom is -0.494 e. The van der Waals surface area contributed by atoms with E-state index in [-0.39, 0.29) is 23.5 Å². The van der Waals surface area contributed by atoms with Gasteiger partial charge in [-0.1, -0.05) is 18.2 Å². The van der Waals surface area contributed by atoms with Crippen molar-refractivity contribution < 1.29 is 13.9 Å². The molecule has 5 heteroatoms. The summed E-state index contributed by atoms with van der Waals surface area (Å²) in [6.07, 6.45) is 5.55. The number of ether oxygens (including phenoxy) is 1. The van der Waals surface area contributed by atoms with Crippen LogP contribution in [0.15, 0.2) is 42.5 Å². The van der Waals surface area contributed by atoms with Crippen molar-refractivity contribution in [1.29, 1.82) is 0 Å². The van der Waals surface area contributed by atoms with Crippen LogP contribution in [-0.2, 0) is 0 Å². The second kappa shape index (κ2) is 9.17. The number of nitrogens with zero attached hydrogens (tertiary/aromatic N) is 1. The van der Waals surface area contributed by atoms with Crippen molar-refractivity contribution in [2.24, 2.45) is 0 Å². The largest absolute Gasteiger partial charge is 0.494 e. The molecule has 1 heterocycles. The first-order valence-electron chi connectivity index (χ1n) is 11.0. The molecule has 2 aromatic rings. The SMILES string of the molecule is COc1cc([C@@H](C)N[C@H]2CC[C@@H](c3ccc(C(=O)N4CCCC4)cc3)C2)ccc1F. The molecule has 2 aliphatic rings. The van der Waals surface area contributed by atoms with E-state index in [1.54, 1.807) is 6.07 Å². The second-order valence-electron chi connectivity index (χ2n) is 8.61. The third-order valence-corrected chi connectivity index (χ3v) is 6.62. The molecular weight excluding hydrogens is 379 g/mol. The Labute approximate surface area is 178 Å². The minimum atomic E-state index is -0.332. The van der Waals surface area contributed by atoms with Crippen molar-refractivity contribution in [3.8, 4) is 5.75 Å². The molecule has 4 nitrogen and oxygen atoms in total. The number of carbonyl (C=O) groups is 1. The highest BCUT2D eigenvalue weighted by Crippen LogP contribution is 2.36. The van der Waals surface area contributed by atoms with Gasteiger partial charge in [-0.25, -0.2) is 4.39 Å². The summed E-state index contributed by atoms with van der Waals surface area (Å²) >= 11 is 0. The van der Waals surface area contributed by atoms with Gasteiger partial charge in [0.2, 0.25) is 0 Å². The van der Waals surface area contributed by atoms with Crippen LogP contribution in [0.3, 0.4) is 0 Å². The van der Waals surface area contributed by atoms with Crippen LogP contribution in [0.2, 0.25) is 0 Å². The first kappa shape index (κ1) is 20.9. The van der Waals surface area contributed by atoms with Crippen LogP contribution in [0.5, 0.6) is 5.75 Å². The molecule has 30 heavy (non-hydrogen) atoms. The lowest BCUT2D eigenvalue weighted by Crippen LogP contribution is -2.29. The van der Waals surface area contributed by atoms with Gasteiger partial charge in [-0.05, 0) is 80.3 Å². The van der Waals surface area contributed by atoms with E-state index in [0.29, 0.717) is 12.0 Å². The number of amides is 1. The summed E-state index contributed by atoms with van der Waals surface area (Å²) < 4.78 is 18.8. The third kappa shape index (κ3) is 4.51. The van der Waals surface area contributed by atoms with Gasteiger partial charge >= 0.3 is 0 Å². The van der Waals surface area contributed by atoms with Crippen LogP contribution in [0, 0.1) is 5.82 Å². The number of halogens is 1. The quantitative estimate of drug-likeness (QED) is 0.724. The highest BCUT2D eigenvalue weighted by Gasteiger charge is 2.27. The number of likely N-dealkylation sites (tertiary alicyclic amines) is 1. The van der Waals surface area contributed by atoms with Gasteiger partial charge < -0.3 is 15.0 Å². The van der Waals surface area contributed by atoms with Crippen molar-refractivity contribution in [3.63, 3.8) is 0 Å². The number of carbonyl (C=O) groups excluding carboxylic acids is 1. The number of methoxy groups -OCH3 is 1. The Hall–Kier alpha value is -2.40. The van der Waals surface area contributed by atoms with E-state index in [9.17, 15) is 9.18 Å². The molecule has 1 saturated carbocycles. The summed E-state index contributed by atoms with van der Waals surface area (Å²) in [5.74, 6) is 0.622. The fourth-order valence-electron chi connectivity index (χ4n) is 4.83. The molecule has 0 radical (unpaired) electrons. The normalized spacial score (nSPS) is 22.3. The van der Waals surface area contributed by atoms with Crippen LogP contribution >= 0.6 is 0 Å². The Morgan fingerprint density at radius 2 is 1.87 bits per heavy atom. The molecule has 1 amide bonds.